The van der Waals surface area contributed by atoms with Crippen molar-refractivity contribution < 1.29 is 13.2 Å². The van der Waals surface area contributed by atoms with Gasteiger partial charge < -0.3 is 10.2 Å². The van der Waals surface area contributed by atoms with E-state index in [9.17, 15) is 13.2 Å². The lowest BCUT2D eigenvalue weighted by molar-refractivity contribution is 0.102. The molecule has 5 rings (SSSR count). The first-order valence-electron chi connectivity index (χ1n) is 12.1. The number of rotatable bonds is 6. The Bertz CT molecular complexity index is 1510. The van der Waals surface area contributed by atoms with Gasteiger partial charge in [-0.15, -0.1) is 0 Å². The molecule has 36 heavy (non-hydrogen) atoms. The Labute approximate surface area is 210 Å². The van der Waals surface area contributed by atoms with Crippen LogP contribution in [-0.4, -0.2) is 62.3 Å². The Kier molecular flexibility index (Phi) is 6.40. The number of hydrogen-bond donors (Lipinski definition) is 1. The Morgan fingerprint density at radius 2 is 1.81 bits per heavy atom. The summed E-state index contributed by atoms with van der Waals surface area (Å²) in [4.78, 5) is 19.5. The molecule has 0 aliphatic carbocycles. The predicted molar refractivity (Wildman–Crippen MR) is 140 cm³/mol. The van der Waals surface area contributed by atoms with Gasteiger partial charge in [0.1, 0.15) is 5.82 Å². The number of aryl methyl sites for hydroxylation is 1. The maximum atomic E-state index is 13.1. The molecule has 4 aromatic rings. The van der Waals surface area contributed by atoms with Gasteiger partial charge in [0.05, 0.1) is 17.0 Å². The van der Waals surface area contributed by atoms with E-state index in [2.05, 4.69) is 34.1 Å². The molecule has 0 unspecified atom stereocenters. The first-order chi connectivity index (χ1) is 17.2. The zero-order valence-corrected chi connectivity index (χ0v) is 21.4. The van der Waals surface area contributed by atoms with Crippen molar-refractivity contribution in [3.05, 3.63) is 66.9 Å². The fraction of sp³-hybridized carbons (Fsp3) is 0.346. The predicted octanol–water partition coefficient (Wildman–Crippen LogP) is 3.74. The fourth-order valence-electron chi connectivity index (χ4n) is 4.68. The van der Waals surface area contributed by atoms with Gasteiger partial charge in [0.25, 0.3) is 5.91 Å². The topological polar surface area (TPSA) is 102 Å². The Hall–Kier alpha value is -3.50. The van der Waals surface area contributed by atoms with Crippen molar-refractivity contribution >= 4 is 32.5 Å². The molecule has 1 amide bonds. The molecule has 188 valence electrons. The minimum absolute atomic E-state index is 0.268. The molecule has 1 fully saturated rings. The normalized spacial score (nSPS) is 15.6. The summed E-state index contributed by atoms with van der Waals surface area (Å²) in [5.41, 5.74) is 2.28. The van der Waals surface area contributed by atoms with Crippen LogP contribution in [0, 0.1) is 0 Å². The van der Waals surface area contributed by atoms with Crippen molar-refractivity contribution in [2.75, 3.05) is 18.4 Å². The minimum Gasteiger partial charge on any atom is -0.306 e. The zero-order chi connectivity index (χ0) is 25.4. The number of aromatic nitrogens is 4. The van der Waals surface area contributed by atoms with Crippen LogP contribution in [0.4, 0.5) is 5.82 Å². The molecule has 3 aromatic heterocycles. The highest BCUT2D eigenvalue weighted by molar-refractivity contribution is 7.90. The van der Waals surface area contributed by atoms with Crippen LogP contribution in [0.2, 0.25) is 0 Å². The number of pyridine rings is 1. The summed E-state index contributed by atoms with van der Waals surface area (Å²) in [6, 6.07) is 9.75. The first-order valence-corrected chi connectivity index (χ1v) is 13.6. The van der Waals surface area contributed by atoms with Crippen LogP contribution in [-0.2, 0) is 17.1 Å². The first kappa shape index (κ1) is 24.2. The second-order valence-corrected chi connectivity index (χ2v) is 11.7. The average Bonchev–Trinajstić information content (AvgIpc) is 3.54. The molecule has 1 aliphatic heterocycles. The van der Waals surface area contributed by atoms with Gasteiger partial charge >= 0.3 is 0 Å². The maximum absolute atomic E-state index is 13.1. The van der Waals surface area contributed by atoms with Gasteiger partial charge in [-0.25, -0.2) is 13.4 Å². The van der Waals surface area contributed by atoms with E-state index in [-0.39, 0.29) is 5.56 Å². The largest absolute Gasteiger partial charge is 0.306 e. The molecule has 4 heterocycles. The number of likely N-dealkylation sites (tertiary alicyclic amines) is 1. The van der Waals surface area contributed by atoms with Crippen LogP contribution in [0.3, 0.4) is 0 Å². The lowest BCUT2D eigenvalue weighted by atomic mass is 10.1. The molecule has 1 aliphatic rings. The SMILES string of the molecule is CC(C)N1CCC(S(=O)(=O)n2ccc(C(=O)Nc3cc4cc(-c5cnn(C)c5)ccc4cn3)c2)CC1. The van der Waals surface area contributed by atoms with E-state index >= 15 is 0 Å². The molecular weight excluding hydrogens is 476 g/mol. The highest BCUT2D eigenvalue weighted by atomic mass is 32.2. The summed E-state index contributed by atoms with van der Waals surface area (Å²) in [5.74, 6) is -0.0126. The van der Waals surface area contributed by atoms with Crippen molar-refractivity contribution in [3.8, 4) is 11.1 Å². The van der Waals surface area contributed by atoms with Crippen molar-refractivity contribution in [3.63, 3.8) is 0 Å². The molecule has 0 spiro atoms. The third-order valence-electron chi connectivity index (χ3n) is 6.85. The Morgan fingerprint density at radius 3 is 2.50 bits per heavy atom. The Balaban J connectivity index is 1.31. The fourth-order valence-corrected chi connectivity index (χ4v) is 6.32. The lowest BCUT2D eigenvalue weighted by Crippen LogP contribution is -2.43. The monoisotopic (exact) mass is 506 g/mol. The van der Waals surface area contributed by atoms with Gasteiger partial charge in [0.2, 0.25) is 10.0 Å². The molecule has 10 heteroatoms. The number of amides is 1. The average molecular weight is 507 g/mol. The van der Waals surface area contributed by atoms with E-state index in [1.807, 2.05) is 37.5 Å². The summed E-state index contributed by atoms with van der Waals surface area (Å²) >= 11 is 0. The van der Waals surface area contributed by atoms with E-state index in [0.717, 1.165) is 35.0 Å². The van der Waals surface area contributed by atoms with Crippen LogP contribution in [0.5, 0.6) is 0 Å². The summed E-state index contributed by atoms with van der Waals surface area (Å²) < 4.78 is 29.2. The standard InChI is InChI=1S/C26H30N6O3S/c1-18(2)31-9-7-24(8-10-31)36(34,35)32-11-6-21(17-32)26(33)29-25-13-22-12-19(4-5-20(22)14-27-25)23-15-28-30(3)16-23/h4-6,11-18,24H,7-10H2,1-3H3,(H,27,29,33). The second kappa shape index (κ2) is 9.51. The quantitative estimate of drug-likeness (QED) is 0.427. The minimum atomic E-state index is -3.57. The number of fused-ring (bicyclic) bond motifs is 1. The number of carbonyl (C=O) groups is 1. The van der Waals surface area contributed by atoms with Gasteiger partial charge in [0, 0.05) is 48.8 Å². The van der Waals surface area contributed by atoms with Gasteiger partial charge in [-0.1, -0.05) is 12.1 Å². The summed E-state index contributed by atoms with van der Waals surface area (Å²) in [6.07, 6.45) is 9.46. The molecule has 0 radical (unpaired) electrons. The third-order valence-corrected chi connectivity index (χ3v) is 8.98. The lowest BCUT2D eigenvalue weighted by Gasteiger charge is -2.34. The van der Waals surface area contributed by atoms with Crippen LogP contribution in [0.1, 0.15) is 37.0 Å². The molecule has 0 atom stereocenters. The Morgan fingerprint density at radius 1 is 1.03 bits per heavy atom. The van der Waals surface area contributed by atoms with Crippen LogP contribution in [0.25, 0.3) is 21.9 Å². The molecule has 1 N–H and O–H groups in total. The molecule has 1 aromatic carbocycles. The smallest absolute Gasteiger partial charge is 0.258 e. The van der Waals surface area contributed by atoms with Crippen molar-refractivity contribution in [2.24, 2.45) is 7.05 Å². The van der Waals surface area contributed by atoms with Gasteiger partial charge in [-0.05, 0) is 68.9 Å². The maximum Gasteiger partial charge on any atom is 0.258 e. The van der Waals surface area contributed by atoms with Gasteiger partial charge in [-0.3, -0.25) is 13.4 Å². The van der Waals surface area contributed by atoms with Gasteiger partial charge in [-0.2, -0.15) is 5.10 Å². The molecule has 0 bridgehead atoms. The number of nitrogens with one attached hydrogen (secondary N) is 1. The number of carbonyl (C=O) groups excluding carboxylic acids is 1. The van der Waals surface area contributed by atoms with E-state index in [4.69, 9.17) is 0 Å². The highest BCUT2D eigenvalue weighted by Crippen LogP contribution is 2.26. The number of piperidine rings is 1. The van der Waals surface area contributed by atoms with Crippen LogP contribution >= 0.6 is 0 Å². The van der Waals surface area contributed by atoms with Crippen molar-refractivity contribution in [2.45, 2.75) is 38.0 Å². The van der Waals surface area contributed by atoms with Crippen molar-refractivity contribution in [1.29, 1.82) is 0 Å². The van der Waals surface area contributed by atoms with Crippen LogP contribution < -0.4 is 5.32 Å². The summed E-state index contributed by atoms with van der Waals surface area (Å²) in [6.45, 7) is 5.75. The number of nitrogens with zero attached hydrogens (tertiary/aromatic N) is 5. The van der Waals surface area contributed by atoms with E-state index in [0.29, 0.717) is 24.7 Å². The molecule has 9 nitrogen and oxygen atoms in total. The van der Waals surface area contributed by atoms with Crippen molar-refractivity contribution in [1.82, 2.24) is 23.6 Å². The van der Waals surface area contributed by atoms with Crippen LogP contribution in [0.15, 0.2) is 61.3 Å². The number of benzene rings is 1. The molecule has 0 saturated carbocycles. The zero-order valence-electron chi connectivity index (χ0n) is 20.6. The van der Waals surface area contributed by atoms with E-state index in [1.165, 1.54) is 22.4 Å². The second-order valence-electron chi connectivity index (χ2n) is 9.59. The number of hydrogen-bond acceptors (Lipinski definition) is 6. The van der Waals surface area contributed by atoms with E-state index in [1.54, 1.807) is 17.1 Å². The number of anilines is 1. The summed E-state index contributed by atoms with van der Waals surface area (Å²) in [7, 11) is -1.70. The molecular formula is C26H30N6O3S. The summed E-state index contributed by atoms with van der Waals surface area (Å²) in [5, 5.41) is 8.44. The highest BCUT2D eigenvalue weighted by Gasteiger charge is 2.32. The molecule has 1 saturated heterocycles. The third kappa shape index (κ3) is 4.78. The van der Waals surface area contributed by atoms with Gasteiger partial charge in [0.15, 0.2) is 0 Å². The van der Waals surface area contributed by atoms with E-state index < -0.39 is 21.2 Å².